The molecule has 1 heterocycles. The van der Waals surface area contributed by atoms with Gasteiger partial charge in [-0.25, -0.2) is 0 Å². The highest BCUT2D eigenvalue weighted by Gasteiger charge is 2.22. The lowest BCUT2D eigenvalue weighted by Crippen LogP contribution is -2.15. The van der Waals surface area contributed by atoms with Gasteiger partial charge in [0.15, 0.2) is 0 Å². The van der Waals surface area contributed by atoms with Crippen molar-refractivity contribution in [3.63, 3.8) is 0 Å². The van der Waals surface area contributed by atoms with Crippen molar-refractivity contribution >= 4 is 10.0 Å². The van der Waals surface area contributed by atoms with E-state index < -0.39 is 10.0 Å². The summed E-state index contributed by atoms with van der Waals surface area (Å²) in [4.78, 5) is 0.132. The second-order valence-electron chi connectivity index (χ2n) is 3.77. The normalized spacial score (nSPS) is 11.4. The molecule has 1 aromatic carbocycles. The van der Waals surface area contributed by atoms with E-state index in [1.807, 2.05) is 19.9 Å². The zero-order valence-corrected chi connectivity index (χ0v) is 11.0. The number of hydrogen-bond donors (Lipinski definition) is 0. The Morgan fingerprint density at radius 1 is 1.39 bits per heavy atom. The predicted octanol–water partition coefficient (Wildman–Crippen LogP) is 1.83. The SMILES string of the molecule is CCOc1ccc(C)cc1S(=O)(=O)n1cccn1. The zero-order valence-electron chi connectivity index (χ0n) is 10.2. The van der Waals surface area contributed by atoms with Crippen LogP contribution in [-0.2, 0) is 10.0 Å². The molecule has 0 aliphatic rings. The smallest absolute Gasteiger partial charge is 0.286 e. The van der Waals surface area contributed by atoms with Crippen LogP contribution >= 0.6 is 0 Å². The molecule has 0 bridgehead atoms. The fraction of sp³-hybridized carbons (Fsp3) is 0.250. The Hall–Kier alpha value is -1.82. The maximum absolute atomic E-state index is 12.4. The van der Waals surface area contributed by atoms with Gasteiger partial charge in [0.05, 0.1) is 12.8 Å². The van der Waals surface area contributed by atoms with Gasteiger partial charge in [0.2, 0.25) is 0 Å². The monoisotopic (exact) mass is 266 g/mol. The molecule has 18 heavy (non-hydrogen) atoms. The van der Waals surface area contributed by atoms with Gasteiger partial charge in [-0.3, -0.25) is 0 Å². The molecule has 0 fully saturated rings. The minimum absolute atomic E-state index is 0.132. The van der Waals surface area contributed by atoms with Crippen LogP contribution < -0.4 is 4.74 Å². The number of hydrogen-bond acceptors (Lipinski definition) is 4. The van der Waals surface area contributed by atoms with E-state index in [0.717, 1.165) is 9.65 Å². The van der Waals surface area contributed by atoms with Gasteiger partial charge in [-0.15, -0.1) is 0 Å². The third-order valence-corrected chi connectivity index (χ3v) is 3.99. The maximum Gasteiger partial charge on any atom is 0.286 e. The third kappa shape index (κ3) is 2.24. The molecule has 1 aromatic heterocycles. The number of benzene rings is 1. The Labute approximate surface area is 106 Å². The van der Waals surface area contributed by atoms with Crippen LogP contribution in [0.15, 0.2) is 41.6 Å². The topological polar surface area (TPSA) is 61.2 Å². The first-order chi connectivity index (χ1) is 8.55. The average Bonchev–Trinajstić information content (AvgIpc) is 2.86. The van der Waals surface area contributed by atoms with Crippen molar-refractivity contribution in [1.29, 1.82) is 0 Å². The third-order valence-electron chi connectivity index (χ3n) is 2.40. The molecule has 0 aliphatic heterocycles. The molecular formula is C12H14N2O3S. The summed E-state index contributed by atoms with van der Waals surface area (Å²) in [6, 6.07) is 6.62. The second-order valence-corrected chi connectivity index (χ2v) is 5.53. The lowest BCUT2D eigenvalue weighted by atomic mass is 10.2. The second kappa shape index (κ2) is 4.81. The summed E-state index contributed by atoms with van der Waals surface area (Å²) in [5.41, 5.74) is 0.851. The van der Waals surface area contributed by atoms with Gasteiger partial charge in [0.25, 0.3) is 10.0 Å². The Kier molecular flexibility index (Phi) is 3.38. The molecule has 96 valence electrons. The summed E-state index contributed by atoms with van der Waals surface area (Å²) in [6.45, 7) is 4.05. The van der Waals surface area contributed by atoms with Crippen LogP contribution in [0.3, 0.4) is 0 Å². The molecule has 2 rings (SSSR count). The van der Waals surface area contributed by atoms with Gasteiger partial charge in [-0.05, 0) is 37.6 Å². The van der Waals surface area contributed by atoms with Gasteiger partial charge in [-0.1, -0.05) is 6.07 Å². The molecule has 0 unspecified atom stereocenters. The van der Waals surface area contributed by atoms with Crippen molar-refractivity contribution < 1.29 is 13.2 Å². The predicted molar refractivity (Wildman–Crippen MR) is 67.2 cm³/mol. The van der Waals surface area contributed by atoms with Crippen LogP contribution in [0.4, 0.5) is 0 Å². The number of ether oxygens (including phenoxy) is 1. The fourth-order valence-corrected chi connectivity index (χ4v) is 2.92. The van der Waals surface area contributed by atoms with Crippen LogP contribution in [-0.4, -0.2) is 24.2 Å². The van der Waals surface area contributed by atoms with Crippen molar-refractivity contribution in [3.8, 4) is 5.75 Å². The van der Waals surface area contributed by atoms with E-state index in [4.69, 9.17) is 4.74 Å². The van der Waals surface area contributed by atoms with Crippen LogP contribution in [0.5, 0.6) is 5.75 Å². The molecule has 0 aliphatic carbocycles. The van der Waals surface area contributed by atoms with Gasteiger partial charge >= 0.3 is 0 Å². The van der Waals surface area contributed by atoms with Crippen LogP contribution in [0.1, 0.15) is 12.5 Å². The summed E-state index contributed by atoms with van der Waals surface area (Å²) in [7, 11) is -3.69. The number of rotatable bonds is 4. The lowest BCUT2D eigenvalue weighted by molar-refractivity contribution is 0.331. The lowest BCUT2D eigenvalue weighted by Gasteiger charge is -2.11. The van der Waals surface area contributed by atoms with Crippen LogP contribution in [0.2, 0.25) is 0 Å². The van der Waals surface area contributed by atoms with E-state index in [2.05, 4.69) is 5.10 Å². The summed E-state index contributed by atoms with van der Waals surface area (Å²) < 4.78 is 31.0. The molecule has 0 N–H and O–H groups in total. The standard InChI is InChI=1S/C12H14N2O3S/c1-3-17-11-6-5-10(2)9-12(11)18(15,16)14-8-4-7-13-14/h4-9H,3H2,1-2H3. The first-order valence-corrected chi connectivity index (χ1v) is 6.98. The molecule has 0 amide bonds. The number of nitrogens with zero attached hydrogens (tertiary/aromatic N) is 2. The van der Waals surface area contributed by atoms with Crippen molar-refractivity contribution in [2.75, 3.05) is 6.61 Å². The van der Waals surface area contributed by atoms with Gasteiger partial charge in [0, 0.05) is 6.20 Å². The van der Waals surface area contributed by atoms with Crippen molar-refractivity contribution in [2.45, 2.75) is 18.7 Å². The zero-order chi connectivity index (χ0) is 13.2. The summed E-state index contributed by atoms with van der Waals surface area (Å²) >= 11 is 0. The summed E-state index contributed by atoms with van der Waals surface area (Å²) in [6.07, 6.45) is 2.82. The van der Waals surface area contributed by atoms with E-state index >= 15 is 0 Å². The molecule has 2 aromatic rings. The summed E-state index contributed by atoms with van der Waals surface area (Å²) in [5.74, 6) is 0.346. The van der Waals surface area contributed by atoms with Gasteiger partial charge in [0.1, 0.15) is 10.6 Å². The van der Waals surface area contributed by atoms with E-state index in [9.17, 15) is 8.42 Å². The molecular weight excluding hydrogens is 252 g/mol. The quantitative estimate of drug-likeness (QED) is 0.847. The van der Waals surface area contributed by atoms with Gasteiger partial charge < -0.3 is 4.74 Å². The van der Waals surface area contributed by atoms with Crippen molar-refractivity contribution in [2.24, 2.45) is 0 Å². The Bertz CT molecular complexity index is 633. The first-order valence-electron chi connectivity index (χ1n) is 5.54. The Morgan fingerprint density at radius 3 is 2.78 bits per heavy atom. The minimum Gasteiger partial charge on any atom is -0.492 e. The molecule has 0 atom stereocenters. The average molecular weight is 266 g/mol. The fourth-order valence-electron chi connectivity index (χ4n) is 1.59. The molecule has 0 spiro atoms. The molecule has 0 radical (unpaired) electrons. The van der Waals surface area contributed by atoms with E-state index in [-0.39, 0.29) is 4.90 Å². The van der Waals surface area contributed by atoms with Crippen molar-refractivity contribution in [1.82, 2.24) is 9.19 Å². The van der Waals surface area contributed by atoms with Gasteiger partial charge in [-0.2, -0.15) is 17.6 Å². The molecule has 0 saturated carbocycles. The van der Waals surface area contributed by atoms with E-state index in [0.29, 0.717) is 12.4 Å². The van der Waals surface area contributed by atoms with Crippen LogP contribution in [0.25, 0.3) is 0 Å². The highest BCUT2D eigenvalue weighted by molar-refractivity contribution is 7.90. The Balaban J connectivity index is 2.59. The number of aryl methyl sites for hydroxylation is 1. The van der Waals surface area contributed by atoms with Crippen LogP contribution in [0, 0.1) is 6.92 Å². The van der Waals surface area contributed by atoms with E-state index in [1.165, 1.54) is 12.4 Å². The van der Waals surface area contributed by atoms with E-state index in [1.54, 1.807) is 18.2 Å². The largest absolute Gasteiger partial charge is 0.492 e. The Morgan fingerprint density at radius 2 is 2.17 bits per heavy atom. The van der Waals surface area contributed by atoms with Crippen molar-refractivity contribution in [3.05, 3.63) is 42.2 Å². The molecule has 6 heteroatoms. The number of aromatic nitrogens is 2. The summed E-state index contributed by atoms with van der Waals surface area (Å²) in [5, 5.41) is 3.77. The highest BCUT2D eigenvalue weighted by atomic mass is 32.2. The molecule has 5 nitrogen and oxygen atoms in total. The minimum atomic E-state index is -3.69. The molecule has 0 saturated heterocycles. The highest BCUT2D eigenvalue weighted by Crippen LogP contribution is 2.26. The first kappa shape index (κ1) is 12.6. The maximum atomic E-state index is 12.4.